The average Bonchev–Trinajstić information content (AvgIpc) is 2.45. The van der Waals surface area contributed by atoms with Gasteiger partial charge in [0, 0.05) is 19.1 Å². The van der Waals surface area contributed by atoms with E-state index in [-0.39, 0.29) is 30.3 Å². The van der Waals surface area contributed by atoms with Crippen molar-refractivity contribution >= 4 is 12.1 Å². The highest BCUT2D eigenvalue weighted by molar-refractivity contribution is 5.71. The predicted octanol–water partition coefficient (Wildman–Crippen LogP) is 2.09. The van der Waals surface area contributed by atoms with Gasteiger partial charge in [-0.2, -0.15) is 0 Å². The quantitative estimate of drug-likeness (QED) is 0.734. The van der Waals surface area contributed by atoms with Crippen molar-refractivity contribution in [3.8, 4) is 0 Å². The molecule has 0 spiro atoms. The van der Waals surface area contributed by atoms with Crippen LogP contribution in [-0.2, 0) is 19.0 Å². The lowest BCUT2D eigenvalue weighted by molar-refractivity contribution is -0.145. The van der Waals surface area contributed by atoms with Gasteiger partial charge in [0.05, 0.1) is 25.4 Å². The van der Waals surface area contributed by atoms with E-state index in [4.69, 9.17) is 14.2 Å². The first-order valence-electron chi connectivity index (χ1n) is 9.28. The van der Waals surface area contributed by atoms with Gasteiger partial charge in [-0.15, -0.1) is 0 Å². The number of likely N-dealkylation sites (tertiary alicyclic amines) is 1. The molecule has 0 aromatic heterocycles. The van der Waals surface area contributed by atoms with Crippen LogP contribution in [0.1, 0.15) is 53.4 Å². The molecule has 1 amide bonds. The monoisotopic (exact) mass is 356 g/mol. The molecule has 144 valence electrons. The number of amides is 1. The van der Waals surface area contributed by atoms with E-state index < -0.39 is 5.60 Å². The van der Waals surface area contributed by atoms with Gasteiger partial charge in [0.25, 0.3) is 0 Å². The first-order valence-corrected chi connectivity index (χ1v) is 9.28. The van der Waals surface area contributed by atoms with Crippen molar-refractivity contribution in [2.75, 3.05) is 26.2 Å². The second-order valence-electron chi connectivity index (χ2n) is 7.85. The summed E-state index contributed by atoms with van der Waals surface area (Å²) in [4.78, 5) is 25.3. The lowest BCUT2D eigenvalue weighted by atomic mass is 9.89. The van der Waals surface area contributed by atoms with Crippen molar-refractivity contribution < 1.29 is 23.8 Å². The predicted molar refractivity (Wildman–Crippen MR) is 93.4 cm³/mol. The number of esters is 1. The third-order valence-electron chi connectivity index (χ3n) is 4.39. The summed E-state index contributed by atoms with van der Waals surface area (Å²) in [5.41, 5.74) is -0.471. The summed E-state index contributed by atoms with van der Waals surface area (Å²) in [7, 11) is 0. The Balaban J connectivity index is 1.57. The standard InChI is InChI=1S/C18H32N2O5/c1-5-23-16(21)12-20-8-6-14(7-9-20)24-15-10-13(11-15)19-17(22)25-18(2,3)4/h13-15H,5-12H2,1-4H3,(H,19,22). The largest absolute Gasteiger partial charge is 0.465 e. The molecule has 2 aliphatic rings. The summed E-state index contributed by atoms with van der Waals surface area (Å²) in [6, 6.07) is 0.142. The molecule has 0 aromatic rings. The number of hydrogen-bond acceptors (Lipinski definition) is 6. The maximum Gasteiger partial charge on any atom is 0.407 e. The minimum Gasteiger partial charge on any atom is -0.465 e. The smallest absolute Gasteiger partial charge is 0.407 e. The van der Waals surface area contributed by atoms with E-state index in [0.717, 1.165) is 38.8 Å². The third-order valence-corrected chi connectivity index (χ3v) is 4.39. The Morgan fingerprint density at radius 2 is 1.76 bits per heavy atom. The average molecular weight is 356 g/mol. The first-order chi connectivity index (χ1) is 11.7. The number of piperidine rings is 1. The number of nitrogens with one attached hydrogen (secondary N) is 1. The van der Waals surface area contributed by atoms with Crippen molar-refractivity contribution in [2.45, 2.75) is 77.2 Å². The molecule has 2 fully saturated rings. The molecule has 1 aliphatic heterocycles. The van der Waals surface area contributed by atoms with Crippen LogP contribution in [0, 0.1) is 0 Å². The minimum atomic E-state index is -0.471. The molecule has 1 saturated carbocycles. The summed E-state index contributed by atoms with van der Waals surface area (Å²) in [5, 5.41) is 2.88. The Morgan fingerprint density at radius 1 is 1.12 bits per heavy atom. The number of rotatable bonds is 6. The molecule has 1 saturated heterocycles. The van der Waals surface area contributed by atoms with Gasteiger partial charge in [-0.25, -0.2) is 4.79 Å². The number of hydrogen-bond donors (Lipinski definition) is 1. The van der Waals surface area contributed by atoms with E-state index in [1.54, 1.807) is 0 Å². The van der Waals surface area contributed by atoms with Gasteiger partial charge in [0.1, 0.15) is 5.60 Å². The van der Waals surface area contributed by atoms with E-state index in [0.29, 0.717) is 13.2 Å². The summed E-state index contributed by atoms with van der Waals surface area (Å²) in [6.45, 7) is 9.90. The topological polar surface area (TPSA) is 77.1 Å². The van der Waals surface area contributed by atoms with Crippen molar-refractivity contribution in [1.82, 2.24) is 10.2 Å². The van der Waals surface area contributed by atoms with Crippen LogP contribution in [-0.4, -0.2) is 67.1 Å². The van der Waals surface area contributed by atoms with Crippen LogP contribution in [0.4, 0.5) is 4.79 Å². The minimum absolute atomic E-state index is 0.142. The molecular weight excluding hydrogens is 324 g/mol. The van der Waals surface area contributed by atoms with Crippen molar-refractivity contribution in [3.05, 3.63) is 0 Å². The zero-order valence-corrected chi connectivity index (χ0v) is 15.9. The third kappa shape index (κ3) is 7.20. The van der Waals surface area contributed by atoms with Crippen LogP contribution in [0.25, 0.3) is 0 Å². The number of alkyl carbamates (subject to hydrolysis) is 1. The van der Waals surface area contributed by atoms with Gasteiger partial charge >= 0.3 is 12.1 Å². The lowest BCUT2D eigenvalue weighted by Crippen LogP contribution is -2.50. The van der Waals surface area contributed by atoms with Gasteiger partial charge in [-0.1, -0.05) is 0 Å². The molecule has 2 rings (SSSR count). The Bertz CT molecular complexity index is 449. The molecule has 7 heteroatoms. The Hall–Kier alpha value is -1.34. The van der Waals surface area contributed by atoms with E-state index in [2.05, 4.69) is 10.2 Å². The van der Waals surface area contributed by atoms with E-state index in [1.165, 1.54) is 0 Å². The highest BCUT2D eigenvalue weighted by Crippen LogP contribution is 2.27. The fourth-order valence-corrected chi connectivity index (χ4v) is 3.13. The fraction of sp³-hybridized carbons (Fsp3) is 0.889. The zero-order chi connectivity index (χ0) is 18.4. The van der Waals surface area contributed by atoms with Crippen LogP contribution < -0.4 is 5.32 Å². The Kier molecular flexibility index (Phi) is 7.07. The number of ether oxygens (including phenoxy) is 3. The van der Waals surface area contributed by atoms with Gasteiger partial charge in [-0.05, 0) is 53.4 Å². The van der Waals surface area contributed by atoms with Crippen LogP contribution in [0.15, 0.2) is 0 Å². The van der Waals surface area contributed by atoms with Gasteiger partial charge in [0.2, 0.25) is 0 Å². The van der Waals surface area contributed by atoms with E-state index >= 15 is 0 Å². The normalized spacial score (nSPS) is 25.1. The highest BCUT2D eigenvalue weighted by atomic mass is 16.6. The second kappa shape index (κ2) is 8.85. The summed E-state index contributed by atoms with van der Waals surface area (Å²) < 4.78 is 16.3. The van der Waals surface area contributed by atoms with Gasteiger partial charge in [-0.3, -0.25) is 9.69 Å². The molecule has 1 heterocycles. The van der Waals surface area contributed by atoms with Crippen LogP contribution >= 0.6 is 0 Å². The first kappa shape index (κ1) is 20.0. The molecule has 0 aromatic carbocycles. The Labute approximate surface area is 150 Å². The lowest BCUT2D eigenvalue weighted by Gasteiger charge is -2.40. The van der Waals surface area contributed by atoms with Gasteiger partial charge in [0.15, 0.2) is 0 Å². The van der Waals surface area contributed by atoms with Gasteiger partial charge < -0.3 is 19.5 Å². The number of carbonyl (C=O) groups excluding carboxylic acids is 2. The molecule has 0 atom stereocenters. The summed E-state index contributed by atoms with van der Waals surface area (Å²) >= 11 is 0. The maximum absolute atomic E-state index is 11.7. The van der Waals surface area contributed by atoms with Crippen molar-refractivity contribution in [3.63, 3.8) is 0 Å². The number of carbonyl (C=O) groups is 2. The van der Waals surface area contributed by atoms with E-state index in [9.17, 15) is 9.59 Å². The SMILES string of the molecule is CCOC(=O)CN1CCC(OC2CC(NC(=O)OC(C)(C)C)C2)CC1. The van der Waals surface area contributed by atoms with Crippen LogP contribution in [0.3, 0.4) is 0 Å². The van der Waals surface area contributed by atoms with Crippen LogP contribution in [0.2, 0.25) is 0 Å². The molecule has 1 N–H and O–H groups in total. The highest BCUT2D eigenvalue weighted by Gasteiger charge is 2.34. The molecular formula is C18H32N2O5. The Morgan fingerprint density at radius 3 is 2.32 bits per heavy atom. The van der Waals surface area contributed by atoms with Crippen molar-refractivity contribution in [1.29, 1.82) is 0 Å². The molecule has 1 aliphatic carbocycles. The fourth-order valence-electron chi connectivity index (χ4n) is 3.13. The number of nitrogens with zero attached hydrogens (tertiary/aromatic N) is 1. The summed E-state index contributed by atoms with van der Waals surface area (Å²) in [6.07, 6.45) is 3.63. The molecule has 25 heavy (non-hydrogen) atoms. The summed E-state index contributed by atoms with van der Waals surface area (Å²) in [5.74, 6) is -0.156. The van der Waals surface area contributed by atoms with E-state index in [1.807, 2.05) is 27.7 Å². The second-order valence-corrected chi connectivity index (χ2v) is 7.85. The molecule has 0 bridgehead atoms. The van der Waals surface area contributed by atoms with Crippen LogP contribution in [0.5, 0.6) is 0 Å². The molecule has 7 nitrogen and oxygen atoms in total. The molecule has 0 unspecified atom stereocenters. The zero-order valence-electron chi connectivity index (χ0n) is 15.9. The maximum atomic E-state index is 11.7. The van der Waals surface area contributed by atoms with Crippen molar-refractivity contribution in [2.24, 2.45) is 0 Å². The molecule has 0 radical (unpaired) electrons.